The van der Waals surface area contributed by atoms with E-state index in [1.807, 2.05) is 13.0 Å². The maximum atomic E-state index is 13.7. The average molecular weight is 269 g/mol. The molecule has 1 aromatic heterocycles. The van der Waals surface area contributed by atoms with Crippen molar-refractivity contribution in [3.8, 4) is 0 Å². The molecule has 0 amide bonds. The Bertz CT molecular complexity index is 473. The van der Waals surface area contributed by atoms with Gasteiger partial charge in [0.1, 0.15) is 11.3 Å². The van der Waals surface area contributed by atoms with Gasteiger partial charge in [0.15, 0.2) is 4.34 Å². The minimum atomic E-state index is -0.230. The van der Waals surface area contributed by atoms with Crippen molar-refractivity contribution in [1.29, 1.82) is 0 Å². The Labute approximate surface area is 107 Å². The minimum absolute atomic E-state index is 0.149. The number of rotatable bonds is 4. The molecular formula is C11H12FN3S2. The van der Waals surface area contributed by atoms with Crippen LogP contribution in [0.4, 0.5) is 4.39 Å². The first kappa shape index (κ1) is 12.5. The Hall–Kier alpha value is -0.980. The van der Waals surface area contributed by atoms with E-state index < -0.39 is 0 Å². The number of halogens is 1. The first-order valence-corrected chi connectivity index (χ1v) is 6.87. The van der Waals surface area contributed by atoms with Crippen LogP contribution in [0.3, 0.4) is 0 Å². The molecule has 3 nitrogen and oxygen atoms in total. The molecule has 2 unspecified atom stereocenters. The third-order valence-corrected chi connectivity index (χ3v) is 4.54. The van der Waals surface area contributed by atoms with Crippen LogP contribution in [-0.4, -0.2) is 16.2 Å². The van der Waals surface area contributed by atoms with Crippen molar-refractivity contribution in [2.75, 3.05) is 0 Å². The molecule has 17 heavy (non-hydrogen) atoms. The molecule has 2 atom stereocenters. The van der Waals surface area contributed by atoms with E-state index in [-0.39, 0.29) is 17.1 Å². The van der Waals surface area contributed by atoms with Gasteiger partial charge < -0.3 is 5.73 Å². The maximum Gasteiger partial charge on any atom is 0.174 e. The van der Waals surface area contributed by atoms with Gasteiger partial charge >= 0.3 is 0 Å². The van der Waals surface area contributed by atoms with Crippen LogP contribution in [0.1, 0.15) is 17.7 Å². The summed E-state index contributed by atoms with van der Waals surface area (Å²) in [5.74, 6) is -0.230. The van der Waals surface area contributed by atoms with E-state index in [2.05, 4.69) is 10.2 Å². The summed E-state index contributed by atoms with van der Waals surface area (Å²) < 4.78 is 14.5. The van der Waals surface area contributed by atoms with Crippen LogP contribution in [0.25, 0.3) is 0 Å². The summed E-state index contributed by atoms with van der Waals surface area (Å²) in [5.41, 5.74) is 8.19. The molecule has 0 spiro atoms. The fourth-order valence-electron chi connectivity index (χ4n) is 1.48. The van der Waals surface area contributed by atoms with Crippen molar-refractivity contribution >= 4 is 23.1 Å². The van der Waals surface area contributed by atoms with Crippen molar-refractivity contribution in [3.05, 3.63) is 41.2 Å². The second kappa shape index (κ2) is 5.57. The van der Waals surface area contributed by atoms with Gasteiger partial charge in [0, 0.05) is 11.6 Å². The van der Waals surface area contributed by atoms with E-state index >= 15 is 0 Å². The number of nitrogens with two attached hydrogens (primary N) is 1. The van der Waals surface area contributed by atoms with Crippen molar-refractivity contribution in [2.24, 2.45) is 5.73 Å². The minimum Gasteiger partial charge on any atom is -0.327 e. The second-order valence-electron chi connectivity index (χ2n) is 3.62. The number of hydrogen-bond acceptors (Lipinski definition) is 5. The number of thioether (sulfide) groups is 1. The smallest absolute Gasteiger partial charge is 0.174 e. The van der Waals surface area contributed by atoms with Crippen LogP contribution in [0.15, 0.2) is 34.1 Å². The van der Waals surface area contributed by atoms with Crippen LogP contribution in [0.5, 0.6) is 0 Å². The van der Waals surface area contributed by atoms with Gasteiger partial charge in [-0.25, -0.2) is 4.39 Å². The van der Waals surface area contributed by atoms with E-state index in [1.165, 1.54) is 29.2 Å². The van der Waals surface area contributed by atoms with Gasteiger partial charge in [-0.05, 0) is 13.0 Å². The Kier molecular flexibility index (Phi) is 4.09. The van der Waals surface area contributed by atoms with Crippen LogP contribution >= 0.6 is 23.1 Å². The van der Waals surface area contributed by atoms with Crippen molar-refractivity contribution in [2.45, 2.75) is 22.6 Å². The molecule has 0 aliphatic carbocycles. The van der Waals surface area contributed by atoms with Crippen LogP contribution < -0.4 is 5.73 Å². The quantitative estimate of drug-likeness (QED) is 0.867. The Morgan fingerprint density at radius 3 is 2.76 bits per heavy atom. The SMILES string of the molecule is CC(N)C(Sc1nncs1)c1ccccc1F. The summed E-state index contributed by atoms with van der Waals surface area (Å²) in [7, 11) is 0. The van der Waals surface area contributed by atoms with Crippen molar-refractivity contribution in [3.63, 3.8) is 0 Å². The van der Waals surface area contributed by atoms with Crippen LogP contribution in [0, 0.1) is 5.82 Å². The molecule has 1 aromatic carbocycles. The highest BCUT2D eigenvalue weighted by Crippen LogP contribution is 2.38. The lowest BCUT2D eigenvalue weighted by atomic mass is 10.1. The van der Waals surface area contributed by atoms with Gasteiger partial charge in [-0.3, -0.25) is 0 Å². The van der Waals surface area contributed by atoms with Crippen molar-refractivity contribution in [1.82, 2.24) is 10.2 Å². The fraction of sp³-hybridized carbons (Fsp3) is 0.273. The summed E-state index contributed by atoms with van der Waals surface area (Å²) in [4.78, 5) is 0. The van der Waals surface area contributed by atoms with Gasteiger partial charge in [-0.2, -0.15) is 0 Å². The highest BCUT2D eigenvalue weighted by atomic mass is 32.2. The molecule has 2 aromatic rings. The average Bonchev–Trinajstić information content (AvgIpc) is 2.79. The molecule has 0 saturated carbocycles. The summed E-state index contributed by atoms with van der Waals surface area (Å²) in [5, 5.41) is 7.56. The molecule has 1 heterocycles. The summed E-state index contributed by atoms with van der Waals surface area (Å²) in [6, 6.07) is 6.53. The normalized spacial score (nSPS) is 14.5. The summed E-state index contributed by atoms with van der Waals surface area (Å²) >= 11 is 2.88. The monoisotopic (exact) mass is 269 g/mol. The zero-order valence-corrected chi connectivity index (χ0v) is 10.8. The second-order valence-corrected chi connectivity index (χ2v) is 5.85. The number of aromatic nitrogens is 2. The zero-order chi connectivity index (χ0) is 12.3. The lowest BCUT2D eigenvalue weighted by molar-refractivity contribution is 0.592. The molecular weight excluding hydrogens is 257 g/mol. The lowest BCUT2D eigenvalue weighted by Gasteiger charge is -2.19. The van der Waals surface area contributed by atoms with Crippen molar-refractivity contribution < 1.29 is 4.39 Å². The molecule has 6 heteroatoms. The summed E-state index contributed by atoms with van der Waals surface area (Å²) in [6.45, 7) is 1.87. The Balaban J connectivity index is 2.27. The van der Waals surface area contributed by atoms with E-state index in [0.29, 0.717) is 5.56 Å². The molecule has 2 rings (SSSR count). The third-order valence-electron chi connectivity index (χ3n) is 2.26. The van der Waals surface area contributed by atoms with Crippen LogP contribution in [0.2, 0.25) is 0 Å². The van der Waals surface area contributed by atoms with Crippen LogP contribution in [-0.2, 0) is 0 Å². The van der Waals surface area contributed by atoms with Gasteiger partial charge in [0.05, 0.1) is 5.25 Å². The zero-order valence-electron chi connectivity index (χ0n) is 9.21. The number of benzene rings is 1. The number of nitrogens with zero attached hydrogens (tertiary/aromatic N) is 2. The molecule has 0 fully saturated rings. The summed E-state index contributed by atoms with van der Waals surface area (Å²) in [6.07, 6.45) is 0. The Morgan fingerprint density at radius 2 is 2.18 bits per heavy atom. The molecule has 0 saturated heterocycles. The first-order valence-electron chi connectivity index (χ1n) is 5.11. The van der Waals surface area contributed by atoms with E-state index in [9.17, 15) is 4.39 Å². The highest BCUT2D eigenvalue weighted by Gasteiger charge is 2.22. The first-order chi connectivity index (χ1) is 8.18. The molecule has 2 N–H and O–H groups in total. The molecule has 0 radical (unpaired) electrons. The largest absolute Gasteiger partial charge is 0.327 e. The van der Waals surface area contributed by atoms with Gasteiger partial charge in [-0.15, -0.1) is 10.2 Å². The van der Waals surface area contributed by atoms with Gasteiger partial charge in [0.2, 0.25) is 0 Å². The fourth-order valence-corrected chi connectivity index (χ4v) is 3.27. The molecule has 90 valence electrons. The van der Waals surface area contributed by atoms with E-state index in [4.69, 9.17) is 5.73 Å². The van der Waals surface area contributed by atoms with E-state index in [1.54, 1.807) is 17.6 Å². The maximum absolute atomic E-state index is 13.7. The van der Waals surface area contributed by atoms with E-state index in [0.717, 1.165) is 4.34 Å². The lowest BCUT2D eigenvalue weighted by Crippen LogP contribution is -2.23. The molecule has 0 aliphatic heterocycles. The van der Waals surface area contributed by atoms with Gasteiger partial charge in [-0.1, -0.05) is 41.3 Å². The highest BCUT2D eigenvalue weighted by molar-refractivity contribution is 8.01. The Morgan fingerprint density at radius 1 is 1.41 bits per heavy atom. The van der Waals surface area contributed by atoms with Gasteiger partial charge in [0.25, 0.3) is 0 Å². The third kappa shape index (κ3) is 3.02. The molecule has 0 bridgehead atoms. The predicted octanol–water partition coefficient (Wildman–Crippen LogP) is 2.86. The standard InChI is InChI=1S/C11H12FN3S2/c1-7(13)10(17-11-15-14-6-16-11)8-4-2-3-5-9(8)12/h2-7,10H,13H2,1H3. The molecule has 0 aliphatic rings. The number of hydrogen-bond donors (Lipinski definition) is 1. The predicted molar refractivity (Wildman–Crippen MR) is 68.6 cm³/mol. The topological polar surface area (TPSA) is 51.8 Å².